The van der Waals surface area contributed by atoms with Crippen LogP contribution in [0.2, 0.25) is 19.6 Å². The van der Waals surface area contributed by atoms with Gasteiger partial charge in [-0.2, -0.15) is 0 Å². The summed E-state index contributed by atoms with van der Waals surface area (Å²) in [6, 6.07) is 38.5. The summed E-state index contributed by atoms with van der Waals surface area (Å²) in [4.78, 5) is 3.30. The van der Waals surface area contributed by atoms with Gasteiger partial charge in [0.25, 0.3) is 0 Å². The molecule has 0 aliphatic heterocycles. The molecule has 54 heavy (non-hydrogen) atoms. The molecule has 0 fully saturated rings. The van der Waals surface area contributed by atoms with Gasteiger partial charge >= 0.3 is 132 Å². The van der Waals surface area contributed by atoms with E-state index >= 15 is 0 Å². The Hall–Kier alpha value is -2.00. The summed E-state index contributed by atoms with van der Waals surface area (Å²) in [5.41, 5.74) is 0.198. The molecule has 0 bridgehead atoms. The van der Waals surface area contributed by atoms with Crippen molar-refractivity contribution >= 4 is 82.9 Å². The van der Waals surface area contributed by atoms with Crippen LogP contribution in [0.25, 0.3) is 43.1 Å². The van der Waals surface area contributed by atoms with Gasteiger partial charge in [0, 0.05) is 0 Å². The van der Waals surface area contributed by atoms with E-state index in [1.165, 1.54) is 91.6 Å². The minimum atomic E-state index is -1.03. The normalized spacial score (nSPS) is 9.78. The van der Waals surface area contributed by atoms with Crippen LogP contribution in [-0.2, 0) is 48.5 Å². The largest absolute Gasteiger partial charge is 0.147 e. The zero-order valence-corrected chi connectivity index (χ0v) is 41.7. The Morgan fingerprint density at radius 2 is 0.815 bits per heavy atom. The molecule has 292 valence electrons. The molecule has 6 aromatic carbocycles. The van der Waals surface area contributed by atoms with Crippen molar-refractivity contribution in [1.82, 2.24) is 20.9 Å². The third kappa shape index (κ3) is 23.2. The smallest absolute Gasteiger partial charge is 0.0771 e. The zero-order valence-electron chi connectivity index (χ0n) is 34.2. The fourth-order valence-electron chi connectivity index (χ4n) is 4.81. The van der Waals surface area contributed by atoms with Gasteiger partial charge in [-0.3, -0.25) is 0 Å². The first kappa shape index (κ1) is 54.1. The molecule has 6 rings (SSSR count). The van der Waals surface area contributed by atoms with Gasteiger partial charge < -0.3 is 10.6 Å². The fourth-order valence-corrected chi connectivity index (χ4v) is 6.03. The second kappa shape index (κ2) is 31.1. The average molecular weight is 942 g/mol. The van der Waals surface area contributed by atoms with Crippen LogP contribution in [0.3, 0.4) is 0 Å². The Morgan fingerprint density at radius 1 is 0.537 bits per heavy atom. The first-order valence-corrected chi connectivity index (χ1v) is 24.3. The minimum absolute atomic E-state index is 0. The molecule has 0 spiro atoms. The van der Waals surface area contributed by atoms with Crippen LogP contribution in [-0.4, -0.2) is 46.7 Å². The summed E-state index contributed by atoms with van der Waals surface area (Å²) in [7, 11) is -1.03. The number of fused-ring (bicyclic) bond motifs is 6. The first-order chi connectivity index (χ1) is 24.8. The third-order valence-electron chi connectivity index (χ3n) is 7.20. The molecule has 0 amide bonds. The summed E-state index contributed by atoms with van der Waals surface area (Å²) in [5, 5.41) is 20.2. The van der Waals surface area contributed by atoms with E-state index < -0.39 is 8.24 Å². The van der Waals surface area contributed by atoms with Crippen LogP contribution >= 0.6 is 24.8 Å². The summed E-state index contributed by atoms with van der Waals surface area (Å²) >= 11 is 2.66. The van der Waals surface area contributed by atoms with Crippen LogP contribution in [0.1, 0.15) is 48.5 Å². The van der Waals surface area contributed by atoms with Crippen molar-refractivity contribution in [2.45, 2.75) is 73.6 Å². The fraction of sp³-hybridized carbons (Fsp3) is 0.333. The number of rotatable bonds is 7. The zero-order chi connectivity index (χ0) is 38.8. The van der Waals surface area contributed by atoms with Gasteiger partial charge in [0.05, 0.1) is 0 Å². The summed E-state index contributed by atoms with van der Waals surface area (Å²) < 4.78 is 5.99. The van der Waals surface area contributed by atoms with Gasteiger partial charge in [0.15, 0.2) is 0 Å². The number of nitrogens with one attached hydrogen (secondary N) is 4. The minimum Gasteiger partial charge on any atom is -0.147 e. The van der Waals surface area contributed by atoms with Crippen molar-refractivity contribution in [2.24, 2.45) is 0 Å². The van der Waals surface area contributed by atoms with E-state index in [-0.39, 0.29) is 30.4 Å². The quantitative estimate of drug-likeness (QED) is 0.0952. The Kier molecular flexibility index (Phi) is 31.2. The molecule has 0 radical (unpaired) electrons. The van der Waals surface area contributed by atoms with Gasteiger partial charge in [0.1, 0.15) is 0 Å². The maximum Gasteiger partial charge on any atom is -0.0771 e. The van der Waals surface area contributed by atoms with E-state index in [9.17, 15) is 0 Å². The van der Waals surface area contributed by atoms with Crippen LogP contribution in [0.4, 0.5) is 0 Å². The van der Waals surface area contributed by atoms with Crippen LogP contribution < -0.4 is 20.9 Å². The Bertz CT molecular complexity index is 1700. The molecule has 0 heterocycles. The van der Waals surface area contributed by atoms with Crippen molar-refractivity contribution in [2.75, 3.05) is 26.2 Å². The summed E-state index contributed by atoms with van der Waals surface area (Å²) in [6.45, 7) is 25.9. The van der Waals surface area contributed by atoms with Gasteiger partial charge in [-0.05, 0) is 26.2 Å². The van der Waals surface area contributed by atoms with Crippen molar-refractivity contribution in [3.05, 3.63) is 122 Å². The third-order valence-corrected chi connectivity index (χ3v) is 8.92. The molecule has 0 aliphatic rings. The van der Waals surface area contributed by atoms with Gasteiger partial charge in [-0.1, -0.05) is 100 Å². The predicted octanol–water partition coefficient (Wildman–Crippen LogP) is 11.2. The molecule has 0 aromatic heterocycles. The Labute approximate surface area is 370 Å². The van der Waals surface area contributed by atoms with Crippen molar-refractivity contribution in [3.8, 4) is 0 Å². The molecule has 0 unspecified atom stereocenters. The van der Waals surface area contributed by atoms with E-state index in [0.29, 0.717) is 0 Å². The van der Waals surface area contributed by atoms with Gasteiger partial charge in [0.2, 0.25) is 0 Å². The van der Waals surface area contributed by atoms with Gasteiger partial charge in [-0.15, -0.1) is 104 Å². The van der Waals surface area contributed by atoms with Crippen LogP contribution in [0, 0.1) is 0 Å². The molecule has 6 aromatic rings. The molecule has 4 N–H and O–H groups in total. The molecular formula is C45H64Cl2N4SiZr2-2. The SMILES string of the molecule is CC(C)(C)NC=[C]=[Zr].CCNCC.CCNCC.C[Si](C)(C)NC=[C]=[Zr].Cl.Cl.c1ccc2c(c1)[cH-]c1ccccc12.c1ccc2c(c1)[cH-]c1ccccc12. The van der Waals surface area contributed by atoms with E-state index in [1.807, 2.05) is 12.4 Å². The van der Waals surface area contributed by atoms with E-state index in [0.717, 1.165) is 26.2 Å². The van der Waals surface area contributed by atoms with Crippen LogP contribution in [0.15, 0.2) is 122 Å². The molecule has 0 aliphatic carbocycles. The average Bonchev–Trinajstić information content (AvgIpc) is 3.70. The maximum atomic E-state index is 3.30. The van der Waals surface area contributed by atoms with E-state index in [2.05, 4.69) is 205 Å². The number of hydrogen-bond donors (Lipinski definition) is 4. The maximum absolute atomic E-state index is 3.30. The molecule has 0 atom stereocenters. The predicted molar refractivity (Wildman–Crippen MR) is 246 cm³/mol. The molecule has 9 heteroatoms. The Morgan fingerprint density at radius 3 is 0.981 bits per heavy atom. The van der Waals surface area contributed by atoms with Crippen molar-refractivity contribution in [3.63, 3.8) is 0 Å². The van der Waals surface area contributed by atoms with Crippen molar-refractivity contribution in [1.29, 1.82) is 0 Å². The molecule has 0 saturated carbocycles. The van der Waals surface area contributed by atoms with E-state index in [4.69, 9.17) is 0 Å². The topological polar surface area (TPSA) is 48.1 Å². The summed E-state index contributed by atoms with van der Waals surface area (Å²) in [5.74, 6) is 0. The van der Waals surface area contributed by atoms with E-state index in [1.54, 1.807) is 0 Å². The standard InChI is InChI=1S/2C13H9.C6H11N.C5H11NSi.2C4H11N.2ClH.2Zr/c2*1-3-7-12-10(5-1)9-11-6-2-4-8-13(11)12;1-5-7-6(2,3)4;1-5-6-7(2,3)4;2*1-3-5-4-2;;;;/h2*1-9H;5,7H,2-4H3;5-6H,2-4H3;2*5H,3-4H2,1-2H3;2*1H;;/q2*-1;;;;;;;;. The second-order valence-corrected chi connectivity index (χ2v) is 20.1. The van der Waals surface area contributed by atoms with Crippen molar-refractivity contribution < 1.29 is 48.5 Å². The monoisotopic (exact) mass is 938 g/mol. The number of benzene rings is 4. The Balaban J connectivity index is 0. The number of hydrogen-bond acceptors (Lipinski definition) is 4. The summed E-state index contributed by atoms with van der Waals surface area (Å²) in [6.07, 6.45) is 3.81. The molecule has 4 nitrogen and oxygen atoms in total. The number of halogens is 2. The molecule has 0 saturated heterocycles. The first-order valence-electron chi connectivity index (χ1n) is 18.4. The van der Waals surface area contributed by atoms with Crippen LogP contribution in [0.5, 0.6) is 0 Å². The second-order valence-electron chi connectivity index (χ2n) is 13.9. The molecular weight excluding hydrogens is 878 g/mol. The van der Waals surface area contributed by atoms with Gasteiger partial charge in [-0.25, -0.2) is 0 Å².